The van der Waals surface area contributed by atoms with Gasteiger partial charge in [0.2, 0.25) is 0 Å². The third-order valence-electron chi connectivity index (χ3n) is 4.54. The summed E-state index contributed by atoms with van der Waals surface area (Å²) in [5, 5.41) is 4.58. The zero-order valence-electron chi connectivity index (χ0n) is 13.6. The van der Waals surface area contributed by atoms with E-state index in [1.165, 1.54) is 6.42 Å². The van der Waals surface area contributed by atoms with Crippen molar-refractivity contribution >= 4 is 5.91 Å². The molecule has 0 N–H and O–H groups in total. The molecule has 0 radical (unpaired) electrons. The van der Waals surface area contributed by atoms with Gasteiger partial charge in [-0.05, 0) is 39.3 Å². The number of amides is 1. The number of hydrogen-bond donors (Lipinski definition) is 0. The van der Waals surface area contributed by atoms with Crippen LogP contribution >= 0.6 is 0 Å². The number of carbonyl (C=O) groups excluding carboxylic acids is 1. The summed E-state index contributed by atoms with van der Waals surface area (Å²) in [5.41, 5.74) is 1.74. The van der Waals surface area contributed by atoms with Gasteiger partial charge in [0, 0.05) is 32.2 Å². The van der Waals surface area contributed by atoms with Crippen LogP contribution in [0.25, 0.3) is 0 Å². The zero-order valence-corrected chi connectivity index (χ0v) is 13.6. The van der Waals surface area contributed by atoms with E-state index in [-0.39, 0.29) is 5.91 Å². The van der Waals surface area contributed by atoms with Gasteiger partial charge in [-0.1, -0.05) is 0 Å². The average Bonchev–Trinajstić information content (AvgIpc) is 2.89. The highest BCUT2D eigenvalue weighted by molar-refractivity contribution is 5.92. The molecule has 1 aromatic heterocycles. The quantitative estimate of drug-likeness (QED) is 0.828. The first-order chi connectivity index (χ1) is 10.6. The number of carbonyl (C=O) groups is 1. The predicted octanol–water partition coefficient (Wildman–Crippen LogP) is 1.36. The first-order valence-corrected chi connectivity index (χ1v) is 8.33. The van der Waals surface area contributed by atoms with Gasteiger partial charge < -0.3 is 9.64 Å². The summed E-state index contributed by atoms with van der Waals surface area (Å²) >= 11 is 0. The number of ether oxygens (including phenoxy) is 1. The van der Waals surface area contributed by atoms with E-state index in [1.807, 2.05) is 15.6 Å². The van der Waals surface area contributed by atoms with Crippen LogP contribution in [-0.4, -0.2) is 64.4 Å². The van der Waals surface area contributed by atoms with Crippen LogP contribution < -0.4 is 0 Å². The van der Waals surface area contributed by atoms with Crippen molar-refractivity contribution in [3.8, 4) is 0 Å². The summed E-state index contributed by atoms with van der Waals surface area (Å²) in [6.45, 7) is 9.94. The van der Waals surface area contributed by atoms with Crippen LogP contribution in [-0.2, 0) is 17.8 Å². The second-order valence-electron chi connectivity index (χ2n) is 6.42. The molecular formula is C16H26N4O2. The summed E-state index contributed by atoms with van der Waals surface area (Å²) in [6.07, 6.45) is 2.30. The van der Waals surface area contributed by atoms with E-state index in [1.54, 1.807) is 0 Å². The first-order valence-electron chi connectivity index (χ1n) is 8.33. The third kappa shape index (κ3) is 3.33. The van der Waals surface area contributed by atoms with E-state index in [0.29, 0.717) is 38.0 Å². The fourth-order valence-electron chi connectivity index (χ4n) is 3.11. The second kappa shape index (κ2) is 6.79. The van der Waals surface area contributed by atoms with Gasteiger partial charge in [-0.25, -0.2) is 0 Å². The molecule has 1 saturated heterocycles. The minimum atomic E-state index is 0.0404. The largest absolute Gasteiger partial charge is 0.378 e. The summed E-state index contributed by atoms with van der Waals surface area (Å²) in [5.74, 6) is 0.0404. The van der Waals surface area contributed by atoms with E-state index in [0.717, 1.165) is 31.7 Å². The van der Waals surface area contributed by atoms with Gasteiger partial charge in [0.1, 0.15) is 0 Å². The van der Waals surface area contributed by atoms with Crippen molar-refractivity contribution in [2.45, 2.75) is 45.8 Å². The fourth-order valence-corrected chi connectivity index (χ4v) is 3.11. The maximum absolute atomic E-state index is 12.6. The molecule has 6 heteroatoms. The summed E-state index contributed by atoms with van der Waals surface area (Å²) in [7, 11) is 0. The Hall–Kier alpha value is -1.40. The third-order valence-corrected chi connectivity index (χ3v) is 4.54. The van der Waals surface area contributed by atoms with Gasteiger partial charge in [-0.15, -0.1) is 0 Å². The predicted molar refractivity (Wildman–Crippen MR) is 83.7 cm³/mol. The minimum absolute atomic E-state index is 0.0404. The molecule has 1 fully saturated rings. The van der Waals surface area contributed by atoms with Crippen LogP contribution in [0, 0.1) is 0 Å². The molecule has 1 amide bonds. The summed E-state index contributed by atoms with van der Waals surface area (Å²) in [4.78, 5) is 16.9. The molecule has 22 heavy (non-hydrogen) atoms. The van der Waals surface area contributed by atoms with Gasteiger partial charge in [0.15, 0.2) is 5.69 Å². The highest BCUT2D eigenvalue weighted by Crippen LogP contribution is 2.17. The normalized spacial score (nSPS) is 20.6. The Bertz CT molecular complexity index is 520. The topological polar surface area (TPSA) is 50.6 Å². The van der Waals surface area contributed by atoms with Crippen molar-refractivity contribution in [2.24, 2.45) is 0 Å². The van der Waals surface area contributed by atoms with Gasteiger partial charge in [-0.2, -0.15) is 5.10 Å². The van der Waals surface area contributed by atoms with E-state index in [9.17, 15) is 4.79 Å². The van der Waals surface area contributed by atoms with Crippen molar-refractivity contribution in [3.63, 3.8) is 0 Å². The molecule has 2 aliphatic heterocycles. The molecule has 0 saturated carbocycles. The van der Waals surface area contributed by atoms with Crippen molar-refractivity contribution in [1.29, 1.82) is 0 Å². The summed E-state index contributed by atoms with van der Waals surface area (Å²) < 4.78 is 7.34. The Morgan fingerprint density at radius 1 is 1.18 bits per heavy atom. The molecule has 0 spiro atoms. The lowest BCUT2D eigenvalue weighted by atomic mass is 10.2. The van der Waals surface area contributed by atoms with Crippen LogP contribution in [0.2, 0.25) is 0 Å². The number of nitrogens with zero attached hydrogens (tertiary/aromatic N) is 4. The van der Waals surface area contributed by atoms with Crippen molar-refractivity contribution in [3.05, 3.63) is 17.5 Å². The van der Waals surface area contributed by atoms with E-state index >= 15 is 0 Å². The number of fused-ring (bicyclic) bond motifs is 1. The smallest absolute Gasteiger partial charge is 0.274 e. The second-order valence-corrected chi connectivity index (χ2v) is 6.42. The van der Waals surface area contributed by atoms with Crippen LogP contribution in [0.4, 0.5) is 0 Å². The molecule has 6 nitrogen and oxygen atoms in total. The summed E-state index contributed by atoms with van der Waals surface area (Å²) in [6, 6.07) is 2.50. The van der Waals surface area contributed by atoms with Gasteiger partial charge >= 0.3 is 0 Å². The fraction of sp³-hybridized carbons (Fsp3) is 0.750. The molecular weight excluding hydrogens is 280 g/mol. The van der Waals surface area contributed by atoms with E-state index in [4.69, 9.17) is 4.74 Å². The van der Waals surface area contributed by atoms with Crippen molar-refractivity contribution in [2.75, 3.05) is 32.8 Å². The number of hydrogen-bond acceptors (Lipinski definition) is 4. The maximum atomic E-state index is 12.6. The van der Waals surface area contributed by atoms with Crippen LogP contribution in [0.5, 0.6) is 0 Å². The molecule has 0 bridgehead atoms. The van der Waals surface area contributed by atoms with Crippen molar-refractivity contribution < 1.29 is 9.53 Å². The van der Waals surface area contributed by atoms with E-state index in [2.05, 4.69) is 23.8 Å². The van der Waals surface area contributed by atoms with Crippen LogP contribution in [0.15, 0.2) is 6.07 Å². The molecule has 3 heterocycles. The molecule has 122 valence electrons. The van der Waals surface area contributed by atoms with Crippen LogP contribution in [0.1, 0.15) is 42.9 Å². The van der Waals surface area contributed by atoms with Gasteiger partial charge in [-0.3, -0.25) is 14.4 Å². The Balaban J connectivity index is 1.78. The number of rotatable bonds is 2. The molecule has 2 aliphatic rings. The number of morpholine rings is 1. The highest BCUT2D eigenvalue weighted by atomic mass is 16.5. The lowest BCUT2D eigenvalue weighted by Crippen LogP contribution is -2.40. The van der Waals surface area contributed by atoms with E-state index < -0.39 is 0 Å². The Morgan fingerprint density at radius 2 is 1.91 bits per heavy atom. The van der Waals surface area contributed by atoms with Crippen LogP contribution in [0.3, 0.4) is 0 Å². The Morgan fingerprint density at radius 3 is 2.64 bits per heavy atom. The molecule has 0 atom stereocenters. The molecule has 0 unspecified atom stereocenters. The van der Waals surface area contributed by atoms with Crippen molar-refractivity contribution in [1.82, 2.24) is 19.6 Å². The average molecular weight is 306 g/mol. The lowest BCUT2D eigenvalue weighted by molar-refractivity contribution is 0.0298. The minimum Gasteiger partial charge on any atom is -0.378 e. The highest BCUT2D eigenvalue weighted by Gasteiger charge is 2.24. The SMILES string of the molecule is CC(C)N1CCCCn2nc(C(=O)N3CCOCC3)cc2C1. The molecule has 0 aliphatic carbocycles. The lowest BCUT2D eigenvalue weighted by Gasteiger charge is -2.28. The standard InChI is InChI=1S/C16H26N4O2/c1-13(2)19-5-3-4-6-20-14(12-19)11-15(17-20)16(21)18-7-9-22-10-8-18/h11,13H,3-10,12H2,1-2H3. The monoisotopic (exact) mass is 306 g/mol. The first kappa shape index (κ1) is 15.5. The molecule has 3 rings (SSSR count). The molecule has 1 aromatic rings. The Labute approximate surface area is 132 Å². The zero-order chi connectivity index (χ0) is 15.5. The maximum Gasteiger partial charge on any atom is 0.274 e. The Kier molecular flexibility index (Phi) is 4.78. The van der Waals surface area contributed by atoms with Gasteiger partial charge in [0.25, 0.3) is 5.91 Å². The number of aromatic nitrogens is 2. The van der Waals surface area contributed by atoms with Gasteiger partial charge in [0.05, 0.1) is 18.9 Å². The molecule has 0 aromatic carbocycles. The number of aryl methyl sites for hydroxylation is 1.